The molecule has 1 aliphatic rings. The van der Waals surface area contributed by atoms with Crippen LogP contribution in [0.15, 0.2) is 40.9 Å². The number of carbonyl (C=O) groups excluding carboxylic acids is 1. The zero-order chi connectivity index (χ0) is 19.7. The Bertz CT molecular complexity index is 1010. The van der Waals surface area contributed by atoms with Crippen molar-refractivity contribution in [2.75, 3.05) is 5.32 Å². The summed E-state index contributed by atoms with van der Waals surface area (Å²) in [6.07, 6.45) is 4.00. The third kappa shape index (κ3) is 4.03. The molecule has 0 unspecified atom stereocenters. The standard InChI is InChI=1S/C21H23N5O2/c1-12-8-9-22-18(10-12)19(15-6-7-15)24-21(27)23-17-11-16(5-4-13(17)2)20-26-25-14(3)28-20/h4-5,8-11,15,19H,6-7H2,1-3H3,(H2,23,24,27)/t19-/m1/s1. The number of rotatable bonds is 5. The molecule has 1 saturated carbocycles. The number of carbonyl (C=O) groups is 1. The summed E-state index contributed by atoms with van der Waals surface area (Å²) in [5, 5.41) is 14.0. The molecule has 2 heterocycles. The van der Waals surface area contributed by atoms with Gasteiger partial charge in [0, 0.05) is 24.4 Å². The summed E-state index contributed by atoms with van der Waals surface area (Å²) in [6, 6.07) is 9.33. The Morgan fingerprint density at radius 2 is 1.96 bits per heavy atom. The summed E-state index contributed by atoms with van der Waals surface area (Å²) in [5.41, 5.74) is 4.46. The van der Waals surface area contributed by atoms with Crippen LogP contribution in [0, 0.1) is 26.7 Å². The number of urea groups is 1. The molecule has 2 aromatic heterocycles. The largest absolute Gasteiger partial charge is 0.421 e. The van der Waals surface area contributed by atoms with Crippen LogP contribution in [0.3, 0.4) is 0 Å². The maximum atomic E-state index is 12.7. The topological polar surface area (TPSA) is 92.9 Å². The van der Waals surface area contributed by atoms with Crippen LogP contribution in [0.2, 0.25) is 0 Å². The number of amides is 2. The van der Waals surface area contributed by atoms with Crippen LogP contribution >= 0.6 is 0 Å². The second-order valence-electron chi connectivity index (χ2n) is 7.33. The zero-order valence-corrected chi connectivity index (χ0v) is 16.2. The van der Waals surface area contributed by atoms with E-state index in [-0.39, 0.29) is 12.1 Å². The molecule has 0 aliphatic heterocycles. The summed E-state index contributed by atoms with van der Waals surface area (Å²) in [4.78, 5) is 17.2. The van der Waals surface area contributed by atoms with Gasteiger partial charge < -0.3 is 15.1 Å². The highest BCUT2D eigenvalue weighted by Gasteiger charge is 2.34. The predicted molar refractivity (Wildman–Crippen MR) is 106 cm³/mol. The lowest BCUT2D eigenvalue weighted by molar-refractivity contribution is 0.246. The normalized spacial score (nSPS) is 14.5. The summed E-state index contributed by atoms with van der Waals surface area (Å²) in [7, 11) is 0. The fourth-order valence-corrected chi connectivity index (χ4v) is 3.20. The maximum absolute atomic E-state index is 12.7. The average molecular weight is 377 g/mol. The Balaban J connectivity index is 1.51. The first kappa shape index (κ1) is 18.2. The van der Waals surface area contributed by atoms with Crippen molar-refractivity contribution in [2.45, 2.75) is 39.7 Å². The van der Waals surface area contributed by atoms with Crippen LogP contribution in [0.25, 0.3) is 11.5 Å². The number of aryl methyl sites for hydroxylation is 3. The lowest BCUT2D eigenvalue weighted by atomic mass is 10.1. The van der Waals surface area contributed by atoms with Gasteiger partial charge in [0.1, 0.15) is 0 Å². The number of benzene rings is 1. The summed E-state index contributed by atoms with van der Waals surface area (Å²) in [5.74, 6) is 1.37. The van der Waals surface area contributed by atoms with Crippen molar-refractivity contribution in [2.24, 2.45) is 5.92 Å². The second-order valence-corrected chi connectivity index (χ2v) is 7.33. The zero-order valence-electron chi connectivity index (χ0n) is 16.2. The molecule has 2 amide bonds. The minimum atomic E-state index is -0.248. The smallest absolute Gasteiger partial charge is 0.319 e. The molecule has 4 rings (SSSR count). The highest BCUT2D eigenvalue weighted by molar-refractivity contribution is 5.91. The highest BCUT2D eigenvalue weighted by atomic mass is 16.4. The number of hydrogen-bond acceptors (Lipinski definition) is 5. The number of hydrogen-bond donors (Lipinski definition) is 2. The van der Waals surface area contributed by atoms with Gasteiger partial charge in [-0.25, -0.2) is 4.79 Å². The molecule has 144 valence electrons. The first-order valence-corrected chi connectivity index (χ1v) is 9.41. The number of anilines is 1. The fraction of sp³-hybridized carbons (Fsp3) is 0.333. The molecular weight excluding hydrogens is 354 g/mol. The molecule has 1 aliphatic carbocycles. The Hall–Kier alpha value is -3.22. The Labute approximate surface area is 163 Å². The van der Waals surface area contributed by atoms with Crippen molar-refractivity contribution in [3.05, 3.63) is 59.2 Å². The molecule has 0 spiro atoms. The van der Waals surface area contributed by atoms with Crippen molar-refractivity contribution in [3.8, 4) is 11.5 Å². The predicted octanol–water partition coefficient (Wildman–Crippen LogP) is 4.33. The van der Waals surface area contributed by atoms with Crippen LogP contribution in [0.5, 0.6) is 0 Å². The van der Waals surface area contributed by atoms with Gasteiger partial charge in [-0.15, -0.1) is 10.2 Å². The molecule has 1 fully saturated rings. The number of aromatic nitrogens is 3. The molecule has 0 bridgehead atoms. The van der Waals surface area contributed by atoms with Gasteiger partial charge in [0.05, 0.1) is 11.7 Å². The van der Waals surface area contributed by atoms with E-state index in [0.717, 1.165) is 35.2 Å². The van der Waals surface area contributed by atoms with E-state index in [1.165, 1.54) is 0 Å². The summed E-state index contributed by atoms with van der Waals surface area (Å²) in [6.45, 7) is 5.72. The van der Waals surface area contributed by atoms with E-state index >= 15 is 0 Å². The molecule has 1 aromatic carbocycles. The first-order chi connectivity index (χ1) is 13.5. The van der Waals surface area contributed by atoms with Gasteiger partial charge in [0.15, 0.2) is 0 Å². The van der Waals surface area contributed by atoms with Gasteiger partial charge in [-0.1, -0.05) is 6.07 Å². The minimum absolute atomic E-state index is 0.0815. The molecule has 3 aromatic rings. The lowest BCUT2D eigenvalue weighted by Crippen LogP contribution is -2.34. The maximum Gasteiger partial charge on any atom is 0.319 e. The monoisotopic (exact) mass is 377 g/mol. The van der Waals surface area contributed by atoms with Crippen molar-refractivity contribution < 1.29 is 9.21 Å². The molecule has 28 heavy (non-hydrogen) atoms. The minimum Gasteiger partial charge on any atom is -0.421 e. The van der Waals surface area contributed by atoms with E-state index in [4.69, 9.17) is 4.42 Å². The molecule has 0 saturated heterocycles. The molecule has 2 N–H and O–H groups in total. The quantitative estimate of drug-likeness (QED) is 0.690. The van der Waals surface area contributed by atoms with E-state index in [1.54, 1.807) is 13.1 Å². The fourth-order valence-electron chi connectivity index (χ4n) is 3.20. The Kier molecular flexibility index (Phi) is 4.81. The SMILES string of the molecule is Cc1ccnc([C@H](NC(=O)Nc2cc(-c3nnc(C)o3)ccc2C)C2CC2)c1. The van der Waals surface area contributed by atoms with Crippen molar-refractivity contribution in [1.82, 2.24) is 20.5 Å². The van der Waals surface area contributed by atoms with Gasteiger partial charge in [0.2, 0.25) is 11.8 Å². The number of nitrogens with one attached hydrogen (secondary N) is 2. The number of pyridine rings is 1. The van der Waals surface area contributed by atoms with E-state index in [1.807, 2.05) is 44.2 Å². The van der Waals surface area contributed by atoms with Crippen molar-refractivity contribution in [3.63, 3.8) is 0 Å². The van der Waals surface area contributed by atoms with Gasteiger partial charge in [-0.2, -0.15) is 0 Å². The van der Waals surface area contributed by atoms with E-state index in [0.29, 0.717) is 23.4 Å². The van der Waals surface area contributed by atoms with Crippen LogP contribution in [0.4, 0.5) is 10.5 Å². The molecule has 7 nitrogen and oxygen atoms in total. The van der Waals surface area contributed by atoms with Gasteiger partial charge in [-0.3, -0.25) is 4.98 Å². The summed E-state index contributed by atoms with van der Waals surface area (Å²) < 4.78 is 5.48. The van der Waals surface area contributed by atoms with Crippen molar-refractivity contribution in [1.29, 1.82) is 0 Å². The van der Waals surface area contributed by atoms with Gasteiger partial charge >= 0.3 is 6.03 Å². The Morgan fingerprint density at radius 1 is 1.14 bits per heavy atom. The van der Waals surface area contributed by atoms with Gasteiger partial charge in [0.25, 0.3) is 0 Å². The molecule has 0 radical (unpaired) electrons. The van der Waals surface area contributed by atoms with Crippen molar-refractivity contribution >= 4 is 11.7 Å². The van der Waals surface area contributed by atoms with E-state index in [2.05, 4.69) is 25.8 Å². The lowest BCUT2D eigenvalue weighted by Gasteiger charge is -2.19. The van der Waals surface area contributed by atoms with E-state index in [9.17, 15) is 4.79 Å². The molecular formula is C21H23N5O2. The number of nitrogens with zero attached hydrogens (tertiary/aromatic N) is 3. The van der Waals surface area contributed by atoms with Crippen LogP contribution in [-0.2, 0) is 0 Å². The third-order valence-electron chi connectivity index (χ3n) is 4.89. The Morgan fingerprint density at radius 3 is 2.64 bits per heavy atom. The van der Waals surface area contributed by atoms with Gasteiger partial charge in [-0.05, 0) is 68.0 Å². The van der Waals surface area contributed by atoms with E-state index < -0.39 is 0 Å². The van der Waals surface area contributed by atoms with Crippen LogP contribution in [0.1, 0.15) is 41.6 Å². The third-order valence-corrected chi connectivity index (χ3v) is 4.89. The van der Waals surface area contributed by atoms with Crippen LogP contribution < -0.4 is 10.6 Å². The highest BCUT2D eigenvalue weighted by Crippen LogP contribution is 2.40. The van der Waals surface area contributed by atoms with Crippen LogP contribution in [-0.4, -0.2) is 21.2 Å². The average Bonchev–Trinajstić information content (AvgIpc) is 3.42. The first-order valence-electron chi connectivity index (χ1n) is 9.41. The second kappa shape index (κ2) is 7.42. The summed E-state index contributed by atoms with van der Waals surface area (Å²) >= 11 is 0. The molecule has 1 atom stereocenters. The molecule has 7 heteroatoms.